The molecule has 1 aromatic carbocycles. The maximum Gasteiger partial charge on any atom is 0.273 e. The van der Waals surface area contributed by atoms with Crippen molar-refractivity contribution >= 4 is 32.7 Å². The van der Waals surface area contributed by atoms with E-state index in [1.54, 1.807) is 4.68 Å². The highest BCUT2D eigenvalue weighted by molar-refractivity contribution is 9.10. The first-order chi connectivity index (χ1) is 10.1. The van der Waals surface area contributed by atoms with Gasteiger partial charge >= 0.3 is 0 Å². The van der Waals surface area contributed by atoms with Crippen molar-refractivity contribution in [3.63, 3.8) is 0 Å². The molecule has 1 amide bonds. The average Bonchev–Trinajstić information content (AvgIpc) is 2.90. The first-order valence-corrected chi connectivity index (χ1v) is 8.06. The van der Waals surface area contributed by atoms with Gasteiger partial charge in [0.05, 0.1) is 11.6 Å². The molecule has 0 saturated carbocycles. The molecule has 3 heterocycles. The van der Waals surface area contributed by atoms with Crippen LogP contribution in [0, 0.1) is 0 Å². The van der Waals surface area contributed by atoms with Crippen molar-refractivity contribution in [1.29, 1.82) is 0 Å². The molecule has 2 atom stereocenters. The highest BCUT2D eigenvalue weighted by Gasteiger charge is 2.38. The van der Waals surface area contributed by atoms with E-state index in [0.717, 1.165) is 34.6 Å². The molecule has 4 rings (SSSR count). The minimum atomic E-state index is 0.110. The Kier molecular flexibility index (Phi) is 2.92. The summed E-state index contributed by atoms with van der Waals surface area (Å²) in [4.78, 5) is 15.1. The Labute approximate surface area is 131 Å². The number of carbonyl (C=O) groups is 1. The quantitative estimate of drug-likeness (QED) is 0.744. The fourth-order valence-electron chi connectivity index (χ4n) is 3.59. The highest BCUT2D eigenvalue weighted by atomic mass is 79.9. The third kappa shape index (κ3) is 1.94. The lowest BCUT2D eigenvalue weighted by Gasteiger charge is -2.31. The maximum atomic E-state index is 13.1. The number of rotatable bonds is 1. The molecule has 0 aliphatic carbocycles. The standard InChI is InChI=1S/C16H16BrN3O/c1-19-15(13-8-5-10(17)9-14(13)18-19)16(21)20-11-3-2-4-12(20)7-6-11/h2-3,5,8-9,11-12H,4,6-7H2,1H3/t11-,12-/m0/s1. The van der Waals surface area contributed by atoms with E-state index in [0.29, 0.717) is 11.7 Å². The smallest absolute Gasteiger partial charge is 0.273 e. The van der Waals surface area contributed by atoms with Crippen molar-refractivity contribution in [3.8, 4) is 0 Å². The zero-order valence-corrected chi connectivity index (χ0v) is 13.4. The van der Waals surface area contributed by atoms with E-state index >= 15 is 0 Å². The van der Waals surface area contributed by atoms with Crippen molar-refractivity contribution in [2.45, 2.75) is 31.3 Å². The average molecular weight is 346 g/mol. The van der Waals surface area contributed by atoms with E-state index in [4.69, 9.17) is 0 Å². The van der Waals surface area contributed by atoms with Gasteiger partial charge in [0.2, 0.25) is 0 Å². The molecule has 0 spiro atoms. The number of nitrogens with zero attached hydrogens (tertiary/aromatic N) is 3. The molecule has 0 radical (unpaired) electrons. The Morgan fingerprint density at radius 2 is 2.24 bits per heavy atom. The van der Waals surface area contributed by atoms with E-state index in [1.165, 1.54) is 0 Å². The minimum Gasteiger partial charge on any atom is -0.328 e. The number of carbonyl (C=O) groups excluding carboxylic acids is 1. The summed E-state index contributed by atoms with van der Waals surface area (Å²) in [6.45, 7) is 0. The number of aryl methyl sites for hydroxylation is 1. The van der Waals surface area contributed by atoms with Gasteiger partial charge in [-0.15, -0.1) is 0 Å². The van der Waals surface area contributed by atoms with Crippen LogP contribution >= 0.6 is 15.9 Å². The van der Waals surface area contributed by atoms with Crippen LogP contribution in [0.4, 0.5) is 0 Å². The van der Waals surface area contributed by atoms with Gasteiger partial charge in [0, 0.05) is 22.9 Å². The Morgan fingerprint density at radius 1 is 1.38 bits per heavy atom. The van der Waals surface area contributed by atoms with Gasteiger partial charge in [-0.1, -0.05) is 28.1 Å². The molecule has 0 N–H and O–H groups in total. The van der Waals surface area contributed by atoms with Crippen molar-refractivity contribution in [3.05, 3.63) is 40.5 Å². The van der Waals surface area contributed by atoms with Gasteiger partial charge in [0.1, 0.15) is 5.69 Å². The molecule has 1 fully saturated rings. The summed E-state index contributed by atoms with van der Waals surface area (Å²) in [5.41, 5.74) is 1.56. The molecule has 2 bridgehead atoms. The van der Waals surface area contributed by atoms with E-state index in [1.807, 2.05) is 25.2 Å². The van der Waals surface area contributed by atoms with Crippen molar-refractivity contribution in [2.75, 3.05) is 0 Å². The predicted molar refractivity (Wildman–Crippen MR) is 85.2 cm³/mol. The first-order valence-electron chi connectivity index (χ1n) is 7.27. The monoisotopic (exact) mass is 345 g/mol. The second kappa shape index (κ2) is 4.70. The first kappa shape index (κ1) is 13.1. The molecule has 21 heavy (non-hydrogen) atoms. The number of fused-ring (bicyclic) bond motifs is 3. The summed E-state index contributed by atoms with van der Waals surface area (Å²) in [6.07, 6.45) is 7.55. The molecule has 1 saturated heterocycles. The Morgan fingerprint density at radius 3 is 3.05 bits per heavy atom. The van der Waals surface area contributed by atoms with E-state index in [2.05, 4.69) is 38.1 Å². The van der Waals surface area contributed by atoms with Gasteiger partial charge in [0.25, 0.3) is 5.91 Å². The van der Waals surface area contributed by atoms with Gasteiger partial charge in [-0.25, -0.2) is 0 Å². The van der Waals surface area contributed by atoms with Gasteiger partial charge in [-0.05, 0) is 37.5 Å². The SMILES string of the molecule is Cn1nc2cc(Br)ccc2c1C(=O)N1[C@H]2CC=C[C@H]1CC2. The minimum absolute atomic E-state index is 0.110. The second-order valence-electron chi connectivity index (χ2n) is 5.81. The molecule has 2 aliphatic rings. The predicted octanol–water partition coefficient (Wildman–Crippen LogP) is 3.27. The van der Waals surface area contributed by atoms with Crippen molar-refractivity contribution in [1.82, 2.24) is 14.7 Å². The zero-order chi connectivity index (χ0) is 14.6. The van der Waals surface area contributed by atoms with E-state index in [9.17, 15) is 4.79 Å². The van der Waals surface area contributed by atoms with Crippen LogP contribution in [0.2, 0.25) is 0 Å². The van der Waals surface area contributed by atoms with E-state index in [-0.39, 0.29) is 11.9 Å². The normalized spacial score (nSPS) is 24.0. The second-order valence-corrected chi connectivity index (χ2v) is 6.72. The lowest BCUT2D eigenvalue weighted by molar-refractivity contribution is 0.0679. The van der Waals surface area contributed by atoms with Gasteiger partial charge in [0.15, 0.2) is 0 Å². The number of amides is 1. The fraction of sp³-hybridized carbons (Fsp3) is 0.375. The summed E-state index contributed by atoms with van der Waals surface area (Å²) in [5, 5.41) is 5.41. The Bertz CT molecular complexity index is 764. The van der Waals surface area contributed by atoms with Crippen LogP contribution in [-0.4, -0.2) is 32.7 Å². The van der Waals surface area contributed by atoms with Crippen molar-refractivity contribution in [2.24, 2.45) is 7.05 Å². The van der Waals surface area contributed by atoms with Gasteiger partial charge in [-0.3, -0.25) is 9.48 Å². The summed E-state index contributed by atoms with van der Waals surface area (Å²) in [6, 6.07) is 6.51. The summed E-state index contributed by atoms with van der Waals surface area (Å²) in [5.74, 6) is 0.110. The number of aromatic nitrogens is 2. The zero-order valence-electron chi connectivity index (χ0n) is 11.8. The largest absolute Gasteiger partial charge is 0.328 e. The van der Waals surface area contributed by atoms with Crippen LogP contribution in [0.15, 0.2) is 34.8 Å². The summed E-state index contributed by atoms with van der Waals surface area (Å²) < 4.78 is 2.70. The fourth-order valence-corrected chi connectivity index (χ4v) is 3.94. The number of halogens is 1. The molecule has 4 nitrogen and oxygen atoms in total. The van der Waals surface area contributed by atoms with Crippen LogP contribution in [0.5, 0.6) is 0 Å². The van der Waals surface area contributed by atoms with Gasteiger partial charge < -0.3 is 4.90 Å². The third-order valence-electron chi connectivity index (χ3n) is 4.55. The van der Waals surface area contributed by atoms with Crippen LogP contribution in [0.3, 0.4) is 0 Å². The molecular formula is C16H16BrN3O. The van der Waals surface area contributed by atoms with Crippen molar-refractivity contribution < 1.29 is 4.79 Å². The van der Waals surface area contributed by atoms with E-state index < -0.39 is 0 Å². The van der Waals surface area contributed by atoms with Crippen LogP contribution in [0.25, 0.3) is 10.9 Å². The third-order valence-corrected chi connectivity index (χ3v) is 5.04. The molecular weight excluding hydrogens is 330 g/mol. The lowest BCUT2D eigenvalue weighted by Crippen LogP contribution is -2.42. The molecule has 1 aromatic heterocycles. The molecule has 2 aromatic rings. The van der Waals surface area contributed by atoms with Crippen LogP contribution in [-0.2, 0) is 7.05 Å². The number of benzene rings is 1. The van der Waals surface area contributed by atoms with Crippen LogP contribution < -0.4 is 0 Å². The van der Waals surface area contributed by atoms with Gasteiger partial charge in [-0.2, -0.15) is 5.10 Å². The highest BCUT2D eigenvalue weighted by Crippen LogP contribution is 2.34. The molecule has 108 valence electrons. The molecule has 0 unspecified atom stereocenters. The molecule has 2 aliphatic heterocycles. The molecule has 5 heteroatoms. The summed E-state index contributed by atoms with van der Waals surface area (Å²) >= 11 is 3.46. The number of hydrogen-bond donors (Lipinski definition) is 0. The maximum absolute atomic E-state index is 13.1. The lowest BCUT2D eigenvalue weighted by atomic mass is 10.1. The summed E-state index contributed by atoms with van der Waals surface area (Å²) in [7, 11) is 1.85. The van der Waals surface area contributed by atoms with Crippen LogP contribution in [0.1, 0.15) is 29.8 Å². The Hall–Kier alpha value is -1.62. The number of hydrogen-bond acceptors (Lipinski definition) is 2. The topological polar surface area (TPSA) is 38.1 Å². The Balaban J connectivity index is 1.81.